The molecule has 2 rings (SSSR count). The fraction of sp³-hybridized carbons (Fsp3) is 0.0909. The van der Waals surface area contributed by atoms with E-state index >= 15 is 0 Å². The number of non-ortho nitro benzene ring substituents is 1. The van der Waals surface area contributed by atoms with Gasteiger partial charge < -0.3 is 5.32 Å². The minimum Gasteiger partial charge on any atom is -0.366 e. The van der Waals surface area contributed by atoms with Crippen molar-refractivity contribution in [3.05, 3.63) is 46.3 Å². The molecule has 0 amide bonds. The van der Waals surface area contributed by atoms with Gasteiger partial charge in [0.05, 0.1) is 10.4 Å². The van der Waals surface area contributed by atoms with Gasteiger partial charge in [-0.25, -0.2) is 4.98 Å². The Morgan fingerprint density at radius 1 is 1.50 bits per heavy atom. The second-order valence-corrected chi connectivity index (χ2v) is 3.78. The third-order valence-corrected chi connectivity index (χ3v) is 2.45. The highest BCUT2D eigenvalue weighted by Gasteiger charge is 2.17. The third-order valence-electron chi connectivity index (χ3n) is 2.28. The van der Waals surface area contributed by atoms with E-state index in [-0.39, 0.29) is 11.0 Å². The molecule has 7 heteroatoms. The van der Waals surface area contributed by atoms with Gasteiger partial charge in [0.15, 0.2) is 0 Å². The highest BCUT2D eigenvalue weighted by Crippen LogP contribution is 2.30. The normalized spacial score (nSPS) is 10.3. The second kappa shape index (κ2) is 4.97. The molecule has 1 aromatic carbocycles. The average Bonchev–Trinajstić information content (AvgIpc) is 2.34. The molecule has 2 aromatic rings. The predicted octanol–water partition coefficient (Wildman–Crippen LogP) is 2.79. The summed E-state index contributed by atoms with van der Waals surface area (Å²) in [7, 11) is 0. The monoisotopic (exact) mass is 264 g/mol. The third kappa shape index (κ3) is 2.23. The maximum Gasteiger partial charge on any atom is 0.282 e. The summed E-state index contributed by atoms with van der Waals surface area (Å²) in [5.74, 6) is 0.331. The van der Waals surface area contributed by atoms with E-state index in [9.17, 15) is 10.1 Å². The summed E-state index contributed by atoms with van der Waals surface area (Å²) in [4.78, 5) is 18.5. The zero-order valence-corrected chi connectivity index (χ0v) is 10.0. The number of aromatic nitrogens is 2. The molecule has 0 aliphatic heterocycles. The Balaban J connectivity index is 2.72. The number of hydrogen-bond acceptors (Lipinski definition) is 5. The zero-order chi connectivity index (χ0) is 13.1. The number of halogens is 1. The van der Waals surface area contributed by atoms with Crippen molar-refractivity contribution in [2.45, 2.75) is 0 Å². The van der Waals surface area contributed by atoms with Gasteiger partial charge in [-0.05, 0) is 17.7 Å². The van der Waals surface area contributed by atoms with Gasteiger partial charge >= 0.3 is 0 Å². The summed E-state index contributed by atoms with van der Waals surface area (Å²) in [6.45, 7) is 3.99. The number of hydrogen-bond donors (Lipinski definition) is 1. The van der Waals surface area contributed by atoms with Gasteiger partial charge in [-0.3, -0.25) is 10.1 Å². The lowest BCUT2D eigenvalue weighted by atomic mass is 10.2. The lowest BCUT2D eigenvalue weighted by Gasteiger charge is -2.07. The van der Waals surface area contributed by atoms with Crippen LogP contribution in [-0.4, -0.2) is 21.4 Å². The van der Waals surface area contributed by atoms with Gasteiger partial charge in [-0.15, -0.1) is 6.58 Å². The minimum absolute atomic E-state index is 0.0366. The van der Waals surface area contributed by atoms with Crippen LogP contribution in [0.1, 0.15) is 0 Å². The van der Waals surface area contributed by atoms with Crippen LogP contribution in [0.5, 0.6) is 0 Å². The van der Waals surface area contributed by atoms with Crippen molar-refractivity contribution in [1.29, 1.82) is 0 Å². The first-order valence-electron chi connectivity index (χ1n) is 5.09. The molecule has 0 fully saturated rings. The van der Waals surface area contributed by atoms with Crippen LogP contribution in [0.15, 0.2) is 30.9 Å². The van der Waals surface area contributed by atoms with E-state index in [0.29, 0.717) is 23.3 Å². The van der Waals surface area contributed by atoms with Crippen molar-refractivity contribution in [2.24, 2.45) is 0 Å². The van der Waals surface area contributed by atoms with Crippen LogP contribution in [0.3, 0.4) is 0 Å². The first-order valence-corrected chi connectivity index (χ1v) is 5.46. The van der Waals surface area contributed by atoms with E-state index in [2.05, 4.69) is 21.9 Å². The molecule has 0 bridgehead atoms. The quantitative estimate of drug-likeness (QED) is 0.397. The van der Waals surface area contributed by atoms with Gasteiger partial charge in [0.1, 0.15) is 11.2 Å². The van der Waals surface area contributed by atoms with E-state index in [1.54, 1.807) is 18.2 Å². The Bertz CT molecular complexity index is 630. The summed E-state index contributed by atoms with van der Waals surface area (Å²) in [6.07, 6.45) is 1.62. The Hall–Kier alpha value is -2.21. The molecule has 0 spiro atoms. The van der Waals surface area contributed by atoms with Crippen molar-refractivity contribution in [1.82, 2.24) is 9.97 Å². The van der Waals surface area contributed by atoms with E-state index in [4.69, 9.17) is 11.6 Å². The summed E-state index contributed by atoms with van der Waals surface area (Å²) >= 11 is 5.78. The number of rotatable bonds is 4. The van der Waals surface area contributed by atoms with Gasteiger partial charge in [0, 0.05) is 12.6 Å². The topological polar surface area (TPSA) is 81.0 Å². The van der Waals surface area contributed by atoms with E-state index in [1.807, 2.05) is 0 Å². The zero-order valence-electron chi connectivity index (χ0n) is 9.26. The molecule has 0 atom stereocenters. The maximum atomic E-state index is 11.0. The number of nitro groups is 1. The van der Waals surface area contributed by atoms with E-state index in [0.717, 1.165) is 0 Å². The van der Waals surface area contributed by atoms with Crippen LogP contribution in [0.25, 0.3) is 10.9 Å². The molecule has 1 aromatic heterocycles. The molecule has 6 nitrogen and oxygen atoms in total. The number of nitro benzene ring substituents is 1. The maximum absolute atomic E-state index is 11.0. The number of benzene rings is 1. The molecule has 0 saturated carbocycles. The summed E-state index contributed by atoms with van der Waals surface area (Å²) in [5, 5.41) is 14.3. The van der Waals surface area contributed by atoms with Crippen LogP contribution in [-0.2, 0) is 0 Å². The number of nitrogens with zero attached hydrogens (tertiary/aromatic N) is 3. The van der Waals surface area contributed by atoms with Crippen LogP contribution in [0.4, 0.5) is 11.5 Å². The molecule has 18 heavy (non-hydrogen) atoms. The standard InChI is InChI=1S/C11H9ClN4O2/c1-2-6-13-10-9-7(14-11(12)15-10)4-3-5-8(9)16(17)18/h2-5H,1,6H2,(H,13,14,15). The fourth-order valence-electron chi connectivity index (χ4n) is 1.59. The Kier molecular flexibility index (Phi) is 3.38. The van der Waals surface area contributed by atoms with Gasteiger partial charge in [-0.2, -0.15) is 4.98 Å². The van der Waals surface area contributed by atoms with Crippen LogP contribution in [0, 0.1) is 10.1 Å². The molecule has 0 radical (unpaired) electrons. The Labute approximate surface area is 107 Å². The van der Waals surface area contributed by atoms with Crippen LogP contribution >= 0.6 is 11.6 Å². The molecule has 1 N–H and O–H groups in total. The van der Waals surface area contributed by atoms with Crippen LogP contribution < -0.4 is 5.32 Å². The molecule has 0 aliphatic rings. The van der Waals surface area contributed by atoms with Crippen molar-refractivity contribution >= 4 is 34.0 Å². The van der Waals surface area contributed by atoms with E-state index < -0.39 is 4.92 Å². The van der Waals surface area contributed by atoms with Gasteiger partial charge in [0.25, 0.3) is 5.69 Å². The molecule has 1 heterocycles. The second-order valence-electron chi connectivity index (χ2n) is 3.44. The predicted molar refractivity (Wildman–Crippen MR) is 69.9 cm³/mol. The lowest BCUT2D eigenvalue weighted by Crippen LogP contribution is -2.04. The number of nitrogens with one attached hydrogen (secondary N) is 1. The summed E-state index contributed by atoms with van der Waals surface area (Å²) < 4.78 is 0. The molecule has 0 saturated heterocycles. The van der Waals surface area contributed by atoms with Crippen molar-refractivity contribution in [2.75, 3.05) is 11.9 Å². The van der Waals surface area contributed by atoms with Crippen LogP contribution in [0.2, 0.25) is 5.28 Å². The minimum atomic E-state index is -0.474. The highest BCUT2D eigenvalue weighted by atomic mass is 35.5. The Morgan fingerprint density at radius 3 is 2.94 bits per heavy atom. The average molecular weight is 265 g/mol. The van der Waals surface area contributed by atoms with Gasteiger partial charge in [0.2, 0.25) is 5.28 Å². The van der Waals surface area contributed by atoms with Gasteiger partial charge in [-0.1, -0.05) is 12.1 Å². The number of fused-ring (bicyclic) bond motifs is 1. The Morgan fingerprint density at radius 2 is 2.28 bits per heavy atom. The van der Waals surface area contributed by atoms with Crippen molar-refractivity contribution in [3.8, 4) is 0 Å². The lowest BCUT2D eigenvalue weighted by molar-refractivity contribution is -0.383. The fourth-order valence-corrected chi connectivity index (χ4v) is 1.76. The smallest absolute Gasteiger partial charge is 0.282 e. The first kappa shape index (κ1) is 12.3. The molecule has 0 unspecified atom stereocenters. The SMILES string of the molecule is C=CCNc1nc(Cl)nc2cccc([N+](=O)[O-])c12. The van der Waals surface area contributed by atoms with E-state index in [1.165, 1.54) is 6.07 Å². The molecular weight excluding hydrogens is 256 g/mol. The summed E-state index contributed by atoms with van der Waals surface area (Å²) in [6, 6.07) is 4.61. The molecule has 92 valence electrons. The van der Waals surface area contributed by atoms with Crippen molar-refractivity contribution in [3.63, 3.8) is 0 Å². The van der Waals surface area contributed by atoms with Crippen molar-refractivity contribution < 1.29 is 4.92 Å². The summed E-state index contributed by atoms with van der Waals surface area (Å²) in [5.41, 5.74) is 0.367. The molecule has 0 aliphatic carbocycles. The largest absolute Gasteiger partial charge is 0.366 e. The highest BCUT2D eigenvalue weighted by molar-refractivity contribution is 6.29. The number of anilines is 1. The first-order chi connectivity index (χ1) is 8.63. The molecular formula is C11H9ClN4O2.